The zero-order chi connectivity index (χ0) is 9.68. The molecule has 0 atom stereocenters. The van der Waals surface area contributed by atoms with Crippen LogP contribution in [-0.4, -0.2) is 16.3 Å². The van der Waals surface area contributed by atoms with Gasteiger partial charge in [-0.1, -0.05) is 12.2 Å². The highest BCUT2D eigenvalue weighted by atomic mass is 15.3. The van der Waals surface area contributed by atoms with Crippen LogP contribution in [0.25, 0.3) is 6.08 Å². The molecule has 0 radical (unpaired) electrons. The maximum atomic E-state index is 5.37. The van der Waals surface area contributed by atoms with Gasteiger partial charge < -0.3 is 5.73 Å². The van der Waals surface area contributed by atoms with E-state index in [4.69, 9.17) is 5.73 Å². The summed E-state index contributed by atoms with van der Waals surface area (Å²) < 4.78 is 1.95. The lowest BCUT2D eigenvalue weighted by Gasteiger charge is -2.02. The summed E-state index contributed by atoms with van der Waals surface area (Å²) >= 11 is 0. The number of aromatic nitrogens is 2. The van der Waals surface area contributed by atoms with E-state index < -0.39 is 0 Å². The summed E-state index contributed by atoms with van der Waals surface area (Å²) in [6.07, 6.45) is 8.96. The van der Waals surface area contributed by atoms with Gasteiger partial charge in [0.25, 0.3) is 0 Å². The Bertz CT molecular complexity index is 273. The molecule has 0 aliphatic heterocycles. The summed E-state index contributed by atoms with van der Waals surface area (Å²) in [5, 5.41) is 4.23. The normalized spacial score (nSPS) is 11.7. The van der Waals surface area contributed by atoms with E-state index in [-0.39, 0.29) is 0 Å². The Kier molecular flexibility index (Phi) is 3.71. The van der Waals surface area contributed by atoms with Gasteiger partial charge in [0, 0.05) is 17.8 Å². The van der Waals surface area contributed by atoms with Crippen molar-refractivity contribution in [2.45, 2.75) is 26.3 Å². The third-order valence-corrected chi connectivity index (χ3v) is 1.79. The number of nitrogens with zero attached hydrogens (tertiary/aromatic N) is 2. The van der Waals surface area contributed by atoms with Crippen LogP contribution in [-0.2, 0) is 0 Å². The van der Waals surface area contributed by atoms with E-state index in [0.29, 0.717) is 12.6 Å². The van der Waals surface area contributed by atoms with Gasteiger partial charge in [0.15, 0.2) is 0 Å². The number of hydrogen-bond acceptors (Lipinski definition) is 2. The molecule has 13 heavy (non-hydrogen) atoms. The second kappa shape index (κ2) is 4.82. The summed E-state index contributed by atoms with van der Waals surface area (Å²) in [6.45, 7) is 4.93. The molecule has 72 valence electrons. The monoisotopic (exact) mass is 179 g/mol. The fourth-order valence-corrected chi connectivity index (χ4v) is 1.04. The maximum Gasteiger partial charge on any atom is 0.0562 e. The van der Waals surface area contributed by atoms with Gasteiger partial charge >= 0.3 is 0 Å². The Morgan fingerprint density at radius 2 is 2.38 bits per heavy atom. The molecule has 0 amide bonds. The number of rotatable bonds is 4. The summed E-state index contributed by atoms with van der Waals surface area (Å²) in [7, 11) is 0. The molecule has 1 heterocycles. The molecule has 0 spiro atoms. The van der Waals surface area contributed by atoms with E-state index in [1.165, 1.54) is 0 Å². The van der Waals surface area contributed by atoms with Gasteiger partial charge in [-0.15, -0.1) is 0 Å². The van der Waals surface area contributed by atoms with Crippen LogP contribution in [0.3, 0.4) is 0 Å². The van der Waals surface area contributed by atoms with Gasteiger partial charge in [-0.05, 0) is 26.8 Å². The minimum Gasteiger partial charge on any atom is -0.330 e. The predicted molar refractivity (Wildman–Crippen MR) is 55.3 cm³/mol. The molecule has 0 unspecified atom stereocenters. The molecule has 0 aliphatic rings. The minimum atomic E-state index is 0.427. The molecule has 3 heteroatoms. The Morgan fingerprint density at radius 3 is 2.92 bits per heavy atom. The topological polar surface area (TPSA) is 43.8 Å². The highest BCUT2D eigenvalue weighted by Gasteiger charge is 1.97. The first-order valence-corrected chi connectivity index (χ1v) is 4.65. The highest BCUT2D eigenvalue weighted by Crippen LogP contribution is 2.06. The molecule has 1 rings (SSSR count). The first-order chi connectivity index (χ1) is 6.24. The summed E-state index contributed by atoms with van der Waals surface area (Å²) in [5.74, 6) is 0. The third kappa shape index (κ3) is 3.03. The van der Waals surface area contributed by atoms with Crippen molar-refractivity contribution in [2.24, 2.45) is 5.73 Å². The Balaban J connectivity index is 2.58. The van der Waals surface area contributed by atoms with E-state index in [1.807, 2.05) is 17.1 Å². The van der Waals surface area contributed by atoms with Crippen LogP contribution in [0.1, 0.15) is 31.9 Å². The van der Waals surface area contributed by atoms with Crippen molar-refractivity contribution >= 4 is 6.08 Å². The lowest BCUT2D eigenvalue weighted by atomic mass is 10.3. The van der Waals surface area contributed by atoms with Crippen molar-refractivity contribution in [1.29, 1.82) is 0 Å². The van der Waals surface area contributed by atoms with Crippen LogP contribution in [0, 0.1) is 0 Å². The van der Waals surface area contributed by atoms with Crippen molar-refractivity contribution in [3.8, 4) is 0 Å². The lowest BCUT2D eigenvalue weighted by molar-refractivity contribution is 0.532. The van der Waals surface area contributed by atoms with Gasteiger partial charge in [0.2, 0.25) is 0 Å². The third-order valence-electron chi connectivity index (χ3n) is 1.79. The first-order valence-electron chi connectivity index (χ1n) is 4.65. The van der Waals surface area contributed by atoms with Crippen LogP contribution >= 0.6 is 0 Å². The van der Waals surface area contributed by atoms with Crippen molar-refractivity contribution < 1.29 is 0 Å². The molecule has 0 aromatic carbocycles. The molecule has 0 saturated heterocycles. The number of nitrogens with two attached hydrogens (primary N) is 1. The lowest BCUT2D eigenvalue weighted by Crippen LogP contribution is -1.99. The van der Waals surface area contributed by atoms with Crippen molar-refractivity contribution in [2.75, 3.05) is 6.54 Å². The molecule has 1 aromatic rings. The van der Waals surface area contributed by atoms with Gasteiger partial charge in [-0.3, -0.25) is 4.68 Å². The van der Waals surface area contributed by atoms with E-state index in [2.05, 4.69) is 31.1 Å². The fraction of sp³-hybridized carbons (Fsp3) is 0.500. The second-order valence-corrected chi connectivity index (χ2v) is 3.33. The molecule has 0 bridgehead atoms. The Hall–Kier alpha value is -1.09. The van der Waals surface area contributed by atoms with Gasteiger partial charge in [0.1, 0.15) is 0 Å². The molecule has 0 aliphatic carbocycles. The summed E-state index contributed by atoms with van der Waals surface area (Å²) in [6, 6.07) is 0.427. The molecule has 0 fully saturated rings. The largest absolute Gasteiger partial charge is 0.330 e. The predicted octanol–water partition coefficient (Wildman–Crippen LogP) is 1.83. The van der Waals surface area contributed by atoms with E-state index >= 15 is 0 Å². The van der Waals surface area contributed by atoms with E-state index in [9.17, 15) is 0 Å². The standard InChI is InChI=1S/C10H17N3/c1-9(2)13-8-10(7-12-13)5-3-4-6-11/h3,5,7-9H,4,6,11H2,1-2H3. The van der Waals surface area contributed by atoms with Crippen LogP contribution in [0.4, 0.5) is 0 Å². The molecular formula is C10H17N3. The van der Waals surface area contributed by atoms with Crippen molar-refractivity contribution in [1.82, 2.24) is 9.78 Å². The zero-order valence-electron chi connectivity index (χ0n) is 8.27. The Morgan fingerprint density at radius 1 is 1.62 bits per heavy atom. The fourth-order valence-electron chi connectivity index (χ4n) is 1.04. The van der Waals surface area contributed by atoms with Crippen molar-refractivity contribution in [3.63, 3.8) is 0 Å². The van der Waals surface area contributed by atoms with Crippen LogP contribution in [0.5, 0.6) is 0 Å². The van der Waals surface area contributed by atoms with Gasteiger partial charge in [-0.25, -0.2) is 0 Å². The summed E-state index contributed by atoms with van der Waals surface area (Å²) in [5.41, 5.74) is 6.51. The Labute approximate surface area is 79.2 Å². The van der Waals surface area contributed by atoms with Gasteiger partial charge in [0.05, 0.1) is 6.20 Å². The van der Waals surface area contributed by atoms with Crippen LogP contribution < -0.4 is 5.73 Å². The quantitative estimate of drug-likeness (QED) is 0.766. The van der Waals surface area contributed by atoms with Crippen molar-refractivity contribution in [3.05, 3.63) is 24.0 Å². The highest BCUT2D eigenvalue weighted by molar-refractivity contribution is 5.46. The SMILES string of the molecule is CC(C)n1cc(C=CCCN)cn1. The van der Waals surface area contributed by atoms with E-state index in [1.54, 1.807) is 0 Å². The van der Waals surface area contributed by atoms with Crippen LogP contribution in [0.2, 0.25) is 0 Å². The maximum absolute atomic E-state index is 5.37. The second-order valence-electron chi connectivity index (χ2n) is 3.33. The average molecular weight is 179 g/mol. The van der Waals surface area contributed by atoms with E-state index in [0.717, 1.165) is 12.0 Å². The molecule has 0 saturated carbocycles. The molecule has 1 aromatic heterocycles. The molecule has 3 nitrogen and oxygen atoms in total. The van der Waals surface area contributed by atoms with Crippen LogP contribution in [0.15, 0.2) is 18.5 Å². The minimum absolute atomic E-state index is 0.427. The van der Waals surface area contributed by atoms with Gasteiger partial charge in [-0.2, -0.15) is 5.10 Å². The smallest absolute Gasteiger partial charge is 0.0562 e. The molecule has 2 N–H and O–H groups in total. The molecular weight excluding hydrogens is 162 g/mol. The summed E-state index contributed by atoms with van der Waals surface area (Å²) in [4.78, 5) is 0. The first kappa shape index (κ1) is 9.99. The zero-order valence-corrected chi connectivity index (χ0v) is 8.27. The number of hydrogen-bond donors (Lipinski definition) is 1. The average Bonchev–Trinajstić information content (AvgIpc) is 2.53.